The first-order valence-electron chi connectivity index (χ1n) is 8.73. The largest absolute Gasteiger partial charge is 0.480 e. The van der Waals surface area contributed by atoms with Crippen LogP contribution in [0.4, 0.5) is 0 Å². The molecule has 1 saturated heterocycles. The quantitative estimate of drug-likeness (QED) is 0.846. The fourth-order valence-electron chi connectivity index (χ4n) is 3.01. The molecule has 1 aromatic heterocycles. The number of amides is 1. The summed E-state index contributed by atoms with van der Waals surface area (Å²) in [6.07, 6.45) is 1.47. The fraction of sp³-hybridized carbons (Fsp3) is 0.421. The minimum atomic E-state index is -0.0893. The van der Waals surface area contributed by atoms with Crippen molar-refractivity contribution < 1.29 is 14.3 Å². The topological polar surface area (TPSA) is 76.6 Å². The molecule has 0 aliphatic carbocycles. The lowest BCUT2D eigenvalue weighted by atomic mass is 10.0. The average Bonchev–Trinajstić information content (AvgIpc) is 2.68. The van der Waals surface area contributed by atoms with E-state index in [9.17, 15) is 4.79 Å². The number of carbonyl (C=O) groups is 1. The van der Waals surface area contributed by atoms with Crippen LogP contribution in [0.3, 0.4) is 0 Å². The van der Waals surface area contributed by atoms with Gasteiger partial charge in [-0.05, 0) is 24.6 Å². The van der Waals surface area contributed by atoms with Crippen molar-refractivity contribution in [1.82, 2.24) is 20.2 Å². The predicted octanol–water partition coefficient (Wildman–Crippen LogP) is 1.52. The molecule has 2 heterocycles. The van der Waals surface area contributed by atoms with E-state index < -0.39 is 0 Å². The zero-order valence-electron chi connectivity index (χ0n) is 15.2. The molecule has 7 heteroatoms. The fourth-order valence-corrected chi connectivity index (χ4v) is 3.01. The van der Waals surface area contributed by atoms with Crippen LogP contribution in [-0.2, 0) is 4.74 Å². The van der Waals surface area contributed by atoms with Gasteiger partial charge in [-0.15, -0.1) is 0 Å². The Morgan fingerprint density at radius 2 is 2.12 bits per heavy atom. The molecule has 3 rings (SSSR count). The first-order chi connectivity index (χ1) is 12.7. The molecule has 0 spiro atoms. The summed E-state index contributed by atoms with van der Waals surface area (Å²) in [6, 6.07) is 7.44. The van der Waals surface area contributed by atoms with Crippen molar-refractivity contribution in [3.05, 3.63) is 41.9 Å². The maximum Gasteiger partial charge on any atom is 0.251 e. The molecule has 0 saturated carbocycles. The summed E-state index contributed by atoms with van der Waals surface area (Å²) in [6.45, 7) is 6.69. The maximum absolute atomic E-state index is 12.5. The van der Waals surface area contributed by atoms with Gasteiger partial charge in [-0.3, -0.25) is 9.69 Å². The van der Waals surface area contributed by atoms with Crippen molar-refractivity contribution in [3.8, 4) is 17.0 Å². The molecule has 1 aliphatic heterocycles. The molecule has 0 bridgehead atoms. The highest BCUT2D eigenvalue weighted by molar-refractivity contribution is 5.95. The van der Waals surface area contributed by atoms with Gasteiger partial charge in [0.1, 0.15) is 6.33 Å². The number of benzene rings is 1. The van der Waals surface area contributed by atoms with Gasteiger partial charge in [-0.2, -0.15) is 0 Å². The number of rotatable bonds is 6. The number of morpholine rings is 1. The number of methoxy groups -OCH3 is 1. The van der Waals surface area contributed by atoms with Crippen molar-refractivity contribution in [2.75, 3.05) is 46.5 Å². The zero-order chi connectivity index (χ0) is 18.4. The number of aromatic nitrogens is 2. The molecular weight excluding hydrogens is 332 g/mol. The summed E-state index contributed by atoms with van der Waals surface area (Å²) in [5.74, 6) is 0.413. The molecular formula is C19H24N4O3. The van der Waals surface area contributed by atoms with Crippen molar-refractivity contribution in [2.45, 2.75) is 6.92 Å². The first-order valence-corrected chi connectivity index (χ1v) is 8.73. The van der Waals surface area contributed by atoms with Gasteiger partial charge in [-0.25, -0.2) is 9.97 Å². The van der Waals surface area contributed by atoms with Crippen LogP contribution in [0.25, 0.3) is 11.1 Å². The Labute approximate surface area is 153 Å². The molecule has 1 N–H and O–H groups in total. The van der Waals surface area contributed by atoms with E-state index in [-0.39, 0.29) is 5.91 Å². The van der Waals surface area contributed by atoms with Crippen LogP contribution in [0.15, 0.2) is 30.6 Å². The van der Waals surface area contributed by atoms with E-state index in [1.54, 1.807) is 13.2 Å². The van der Waals surface area contributed by atoms with E-state index in [0.717, 1.165) is 49.7 Å². The zero-order valence-corrected chi connectivity index (χ0v) is 15.2. The molecule has 7 nitrogen and oxygen atoms in total. The van der Waals surface area contributed by atoms with Gasteiger partial charge in [-0.1, -0.05) is 12.1 Å². The van der Waals surface area contributed by atoms with Crippen molar-refractivity contribution >= 4 is 5.91 Å². The summed E-state index contributed by atoms with van der Waals surface area (Å²) >= 11 is 0. The summed E-state index contributed by atoms with van der Waals surface area (Å²) < 4.78 is 10.7. The minimum absolute atomic E-state index is 0.0893. The number of carbonyl (C=O) groups excluding carboxylic acids is 1. The van der Waals surface area contributed by atoms with Gasteiger partial charge in [0.25, 0.3) is 5.91 Å². The molecule has 0 radical (unpaired) electrons. The number of hydrogen-bond acceptors (Lipinski definition) is 6. The molecule has 0 unspecified atom stereocenters. The Morgan fingerprint density at radius 3 is 2.88 bits per heavy atom. The third-order valence-corrected chi connectivity index (χ3v) is 4.43. The summed E-state index contributed by atoms with van der Waals surface area (Å²) in [5.41, 5.74) is 3.08. The van der Waals surface area contributed by atoms with Crippen LogP contribution in [-0.4, -0.2) is 67.3 Å². The average molecular weight is 356 g/mol. The SMILES string of the molecule is COc1ncnc(C)c1-c1cccc(C(=O)NCCN2CCOCC2)c1. The molecule has 1 aromatic carbocycles. The van der Waals surface area contributed by atoms with Gasteiger partial charge in [0, 0.05) is 31.7 Å². The van der Waals surface area contributed by atoms with E-state index in [1.165, 1.54) is 6.33 Å². The third-order valence-electron chi connectivity index (χ3n) is 4.43. The van der Waals surface area contributed by atoms with Crippen LogP contribution >= 0.6 is 0 Å². The Balaban J connectivity index is 1.68. The Kier molecular flexibility index (Phi) is 6.14. The Morgan fingerprint density at radius 1 is 1.31 bits per heavy atom. The second-order valence-corrected chi connectivity index (χ2v) is 6.13. The molecule has 138 valence electrons. The van der Waals surface area contributed by atoms with Crippen LogP contribution in [0, 0.1) is 6.92 Å². The monoisotopic (exact) mass is 356 g/mol. The van der Waals surface area contributed by atoms with E-state index in [1.807, 2.05) is 25.1 Å². The maximum atomic E-state index is 12.5. The first kappa shape index (κ1) is 18.3. The molecule has 26 heavy (non-hydrogen) atoms. The molecule has 2 aromatic rings. The second kappa shape index (κ2) is 8.73. The number of aryl methyl sites for hydroxylation is 1. The Bertz CT molecular complexity index is 760. The van der Waals surface area contributed by atoms with Crippen LogP contribution in [0.5, 0.6) is 5.88 Å². The lowest BCUT2D eigenvalue weighted by molar-refractivity contribution is 0.0383. The number of nitrogens with one attached hydrogen (secondary N) is 1. The molecule has 1 fully saturated rings. The minimum Gasteiger partial charge on any atom is -0.480 e. The third kappa shape index (κ3) is 4.36. The molecule has 1 aliphatic rings. The van der Waals surface area contributed by atoms with Gasteiger partial charge in [0.15, 0.2) is 0 Å². The second-order valence-electron chi connectivity index (χ2n) is 6.13. The normalized spacial score (nSPS) is 14.8. The highest BCUT2D eigenvalue weighted by Crippen LogP contribution is 2.30. The van der Waals surface area contributed by atoms with E-state index in [2.05, 4.69) is 20.2 Å². The smallest absolute Gasteiger partial charge is 0.251 e. The highest BCUT2D eigenvalue weighted by Gasteiger charge is 2.14. The van der Waals surface area contributed by atoms with E-state index in [0.29, 0.717) is 18.0 Å². The van der Waals surface area contributed by atoms with Crippen molar-refractivity contribution in [2.24, 2.45) is 0 Å². The van der Waals surface area contributed by atoms with E-state index >= 15 is 0 Å². The van der Waals surface area contributed by atoms with Crippen LogP contribution < -0.4 is 10.1 Å². The summed E-state index contributed by atoms with van der Waals surface area (Å²) in [5, 5.41) is 2.98. The van der Waals surface area contributed by atoms with Gasteiger partial charge < -0.3 is 14.8 Å². The van der Waals surface area contributed by atoms with Gasteiger partial charge >= 0.3 is 0 Å². The lowest BCUT2D eigenvalue weighted by Crippen LogP contribution is -2.41. The molecule has 1 amide bonds. The Hall–Kier alpha value is -2.51. The summed E-state index contributed by atoms with van der Waals surface area (Å²) in [4.78, 5) is 23.2. The van der Waals surface area contributed by atoms with Crippen molar-refractivity contribution in [3.63, 3.8) is 0 Å². The van der Waals surface area contributed by atoms with Gasteiger partial charge in [0.05, 0.1) is 31.6 Å². The van der Waals surface area contributed by atoms with Crippen LogP contribution in [0.1, 0.15) is 16.1 Å². The van der Waals surface area contributed by atoms with Crippen molar-refractivity contribution in [1.29, 1.82) is 0 Å². The highest BCUT2D eigenvalue weighted by atomic mass is 16.5. The predicted molar refractivity (Wildman–Crippen MR) is 98.3 cm³/mol. The standard InChI is InChI=1S/C19H24N4O3/c1-14-17(19(25-2)22-13-21-14)15-4-3-5-16(12-15)18(24)20-6-7-23-8-10-26-11-9-23/h3-5,12-13H,6-11H2,1-2H3,(H,20,24). The number of ether oxygens (including phenoxy) is 2. The summed E-state index contributed by atoms with van der Waals surface area (Å²) in [7, 11) is 1.58. The number of nitrogens with zero attached hydrogens (tertiary/aromatic N) is 3. The molecule has 0 atom stereocenters. The van der Waals surface area contributed by atoms with Gasteiger partial charge in [0.2, 0.25) is 5.88 Å². The van der Waals surface area contributed by atoms with Crippen LogP contribution in [0.2, 0.25) is 0 Å². The lowest BCUT2D eigenvalue weighted by Gasteiger charge is -2.26. The number of hydrogen-bond donors (Lipinski definition) is 1. The van der Waals surface area contributed by atoms with E-state index in [4.69, 9.17) is 9.47 Å².